The minimum Gasteiger partial charge on any atom is -0.299 e. The number of hydrogen-bond donors (Lipinski definition) is 0. The minimum absolute atomic E-state index is 0.160. The summed E-state index contributed by atoms with van der Waals surface area (Å²) in [6.07, 6.45) is 5.64. The molecule has 1 aromatic rings. The molecule has 0 radical (unpaired) electrons. The van der Waals surface area contributed by atoms with E-state index in [1.165, 1.54) is 11.1 Å². The highest BCUT2D eigenvalue weighted by molar-refractivity contribution is 5.80. The van der Waals surface area contributed by atoms with Gasteiger partial charge in [-0.15, -0.1) is 0 Å². The van der Waals surface area contributed by atoms with Crippen LogP contribution in [0.5, 0.6) is 0 Å². The van der Waals surface area contributed by atoms with Gasteiger partial charge in [0.1, 0.15) is 5.78 Å². The molecule has 0 unspecified atom stereocenters. The number of aryl methyl sites for hydroxylation is 1. The van der Waals surface area contributed by atoms with Crippen LogP contribution in [0.15, 0.2) is 30.3 Å². The number of Topliss-reactive ketones (excluding diaryl/α,β-unsaturated/α-hetero) is 1. The van der Waals surface area contributed by atoms with Crippen molar-refractivity contribution in [3.05, 3.63) is 41.5 Å². The summed E-state index contributed by atoms with van der Waals surface area (Å²) in [6, 6.07) is 8.38. The largest absolute Gasteiger partial charge is 0.299 e. The van der Waals surface area contributed by atoms with E-state index in [-0.39, 0.29) is 5.92 Å². The number of allylic oxidation sites excluding steroid dienone is 1. The fourth-order valence-electron chi connectivity index (χ4n) is 1.41. The van der Waals surface area contributed by atoms with Gasteiger partial charge in [-0.25, -0.2) is 0 Å². The standard InChI is InChI=1S/C15H20O/c1-12(2)15(16)7-5-4-6-14-10-8-13(3)9-11-14/h4,6,8-12H,5,7H2,1-3H3/b6-4+. The van der Waals surface area contributed by atoms with Crippen LogP contribution in [0.1, 0.15) is 37.8 Å². The molecule has 0 saturated carbocycles. The van der Waals surface area contributed by atoms with E-state index in [1.807, 2.05) is 13.8 Å². The van der Waals surface area contributed by atoms with Gasteiger partial charge < -0.3 is 0 Å². The van der Waals surface area contributed by atoms with Gasteiger partial charge in [-0.3, -0.25) is 4.79 Å². The Kier molecular flexibility index (Phi) is 4.97. The average molecular weight is 216 g/mol. The Bertz CT molecular complexity index is 358. The molecular formula is C15H20O. The number of carbonyl (C=O) groups is 1. The van der Waals surface area contributed by atoms with Crippen molar-refractivity contribution >= 4 is 11.9 Å². The highest BCUT2D eigenvalue weighted by Crippen LogP contribution is 2.07. The molecule has 0 aliphatic rings. The molecule has 0 N–H and O–H groups in total. The van der Waals surface area contributed by atoms with Gasteiger partial charge in [0.15, 0.2) is 0 Å². The lowest BCUT2D eigenvalue weighted by atomic mass is 10.0. The Morgan fingerprint density at radius 2 is 1.88 bits per heavy atom. The van der Waals surface area contributed by atoms with Gasteiger partial charge in [-0.2, -0.15) is 0 Å². The van der Waals surface area contributed by atoms with Crippen molar-refractivity contribution in [1.82, 2.24) is 0 Å². The van der Waals surface area contributed by atoms with Crippen LogP contribution in [0.25, 0.3) is 6.08 Å². The summed E-state index contributed by atoms with van der Waals surface area (Å²) in [6.45, 7) is 5.98. The molecule has 0 bridgehead atoms. The Balaban J connectivity index is 2.38. The zero-order chi connectivity index (χ0) is 12.0. The first-order chi connectivity index (χ1) is 7.59. The molecular weight excluding hydrogens is 196 g/mol. The molecule has 0 amide bonds. The summed E-state index contributed by atoms with van der Waals surface area (Å²) in [7, 11) is 0. The quantitative estimate of drug-likeness (QED) is 0.726. The van der Waals surface area contributed by atoms with Gasteiger partial charge in [0.25, 0.3) is 0 Å². The SMILES string of the molecule is Cc1ccc(/C=C/CCC(=O)C(C)C)cc1. The second kappa shape index (κ2) is 6.26. The molecule has 16 heavy (non-hydrogen) atoms. The van der Waals surface area contributed by atoms with Crippen molar-refractivity contribution < 1.29 is 4.79 Å². The molecule has 86 valence electrons. The zero-order valence-electron chi connectivity index (χ0n) is 10.4. The van der Waals surface area contributed by atoms with Gasteiger partial charge in [0.05, 0.1) is 0 Å². The lowest BCUT2D eigenvalue weighted by molar-refractivity contribution is -0.121. The van der Waals surface area contributed by atoms with E-state index < -0.39 is 0 Å². The number of carbonyl (C=O) groups excluding carboxylic acids is 1. The molecule has 0 fully saturated rings. The fourth-order valence-corrected chi connectivity index (χ4v) is 1.41. The summed E-state index contributed by atoms with van der Waals surface area (Å²) < 4.78 is 0. The van der Waals surface area contributed by atoms with Crippen molar-refractivity contribution in [2.45, 2.75) is 33.6 Å². The lowest BCUT2D eigenvalue weighted by Crippen LogP contribution is -2.05. The van der Waals surface area contributed by atoms with Crippen molar-refractivity contribution in [1.29, 1.82) is 0 Å². The van der Waals surface area contributed by atoms with E-state index in [0.717, 1.165) is 6.42 Å². The molecule has 0 heterocycles. The highest BCUT2D eigenvalue weighted by Gasteiger charge is 2.04. The van der Waals surface area contributed by atoms with Gasteiger partial charge in [0, 0.05) is 12.3 Å². The third kappa shape index (κ3) is 4.43. The second-order valence-corrected chi connectivity index (χ2v) is 4.47. The molecule has 0 aliphatic heterocycles. The van der Waals surface area contributed by atoms with Crippen LogP contribution in [-0.2, 0) is 4.79 Å². The maximum absolute atomic E-state index is 11.4. The summed E-state index contributed by atoms with van der Waals surface area (Å²) >= 11 is 0. The summed E-state index contributed by atoms with van der Waals surface area (Å²) in [5.41, 5.74) is 2.47. The van der Waals surface area contributed by atoms with E-state index >= 15 is 0 Å². The van der Waals surface area contributed by atoms with Crippen LogP contribution in [-0.4, -0.2) is 5.78 Å². The monoisotopic (exact) mass is 216 g/mol. The van der Waals surface area contributed by atoms with Crippen molar-refractivity contribution in [2.75, 3.05) is 0 Å². The first-order valence-corrected chi connectivity index (χ1v) is 5.85. The third-order valence-corrected chi connectivity index (χ3v) is 2.59. The average Bonchev–Trinajstić information content (AvgIpc) is 2.26. The maximum Gasteiger partial charge on any atom is 0.135 e. The van der Waals surface area contributed by atoms with Crippen LogP contribution < -0.4 is 0 Å². The van der Waals surface area contributed by atoms with Gasteiger partial charge in [-0.05, 0) is 18.9 Å². The predicted molar refractivity (Wildman–Crippen MR) is 69.3 cm³/mol. The van der Waals surface area contributed by atoms with Gasteiger partial charge in [0.2, 0.25) is 0 Å². The Hall–Kier alpha value is -1.37. The minimum atomic E-state index is 0.160. The molecule has 0 atom stereocenters. The van der Waals surface area contributed by atoms with E-state index in [1.54, 1.807) is 0 Å². The Labute approximate surface area is 98.2 Å². The second-order valence-electron chi connectivity index (χ2n) is 4.47. The number of rotatable bonds is 5. The number of hydrogen-bond acceptors (Lipinski definition) is 1. The smallest absolute Gasteiger partial charge is 0.135 e. The number of benzene rings is 1. The molecule has 1 rings (SSSR count). The van der Waals surface area contributed by atoms with Crippen LogP contribution in [0.3, 0.4) is 0 Å². The first-order valence-electron chi connectivity index (χ1n) is 5.85. The van der Waals surface area contributed by atoms with Crippen LogP contribution >= 0.6 is 0 Å². The Morgan fingerprint density at radius 3 is 2.44 bits per heavy atom. The molecule has 1 heteroatoms. The summed E-state index contributed by atoms with van der Waals surface area (Å²) in [5, 5.41) is 0. The summed E-state index contributed by atoms with van der Waals surface area (Å²) in [4.78, 5) is 11.4. The molecule has 1 aromatic carbocycles. The lowest BCUT2D eigenvalue weighted by Gasteiger charge is -2.00. The Morgan fingerprint density at radius 1 is 1.25 bits per heavy atom. The molecule has 0 aliphatic carbocycles. The first kappa shape index (κ1) is 12.7. The molecule has 0 saturated heterocycles. The fraction of sp³-hybridized carbons (Fsp3) is 0.400. The van der Waals surface area contributed by atoms with E-state index in [2.05, 4.69) is 43.3 Å². The van der Waals surface area contributed by atoms with Gasteiger partial charge in [-0.1, -0.05) is 55.8 Å². The van der Waals surface area contributed by atoms with Crippen LogP contribution in [0.2, 0.25) is 0 Å². The zero-order valence-corrected chi connectivity index (χ0v) is 10.4. The van der Waals surface area contributed by atoms with Crippen LogP contribution in [0, 0.1) is 12.8 Å². The summed E-state index contributed by atoms with van der Waals surface area (Å²) in [5.74, 6) is 0.501. The third-order valence-electron chi connectivity index (χ3n) is 2.59. The number of ketones is 1. The van der Waals surface area contributed by atoms with Gasteiger partial charge >= 0.3 is 0 Å². The van der Waals surface area contributed by atoms with Crippen LogP contribution in [0.4, 0.5) is 0 Å². The topological polar surface area (TPSA) is 17.1 Å². The van der Waals surface area contributed by atoms with Crippen molar-refractivity contribution in [3.8, 4) is 0 Å². The van der Waals surface area contributed by atoms with E-state index in [4.69, 9.17) is 0 Å². The highest BCUT2D eigenvalue weighted by atomic mass is 16.1. The molecule has 1 nitrogen and oxygen atoms in total. The molecule has 0 spiro atoms. The normalized spacial score (nSPS) is 11.2. The van der Waals surface area contributed by atoms with E-state index in [0.29, 0.717) is 12.2 Å². The van der Waals surface area contributed by atoms with Crippen molar-refractivity contribution in [2.24, 2.45) is 5.92 Å². The maximum atomic E-state index is 11.4. The predicted octanol–water partition coefficient (Wildman–Crippen LogP) is 4.01. The van der Waals surface area contributed by atoms with Crippen molar-refractivity contribution in [3.63, 3.8) is 0 Å². The molecule has 0 aromatic heterocycles. The van der Waals surface area contributed by atoms with E-state index in [9.17, 15) is 4.79 Å².